The van der Waals surface area contributed by atoms with E-state index in [1.165, 1.54) is 17.3 Å². The molecule has 242 valence electrons. The number of carboxylic acid groups (broad SMARTS) is 1. The number of anilines is 2. The van der Waals surface area contributed by atoms with Crippen molar-refractivity contribution in [3.05, 3.63) is 72.9 Å². The van der Waals surface area contributed by atoms with E-state index in [2.05, 4.69) is 75.9 Å². The average molecular weight is 636 g/mol. The number of nitrogens with zero attached hydrogens (tertiary/aromatic N) is 4. The van der Waals surface area contributed by atoms with E-state index < -0.39 is 12.1 Å². The molecule has 2 aromatic carbocycles. The fourth-order valence-electron chi connectivity index (χ4n) is 5.72. The van der Waals surface area contributed by atoms with Gasteiger partial charge in [0.15, 0.2) is 0 Å². The Morgan fingerprint density at radius 2 is 1.67 bits per heavy atom. The van der Waals surface area contributed by atoms with Gasteiger partial charge in [0, 0.05) is 55.9 Å². The summed E-state index contributed by atoms with van der Waals surface area (Å²) < 4.78 is 38.0. The lowest BCUT2D eigenvalue weighted by atomic mass is 9.96. The number of benzene rings is 2. The summed E-state index contributed by atoms with van der Waals surface area (Å²) in [7, 11) is 2.18. The van der Waals surface area contributed by atoms with Crippen molar-refractivity contribution >= 4 is 34.3 Å². The molecule has 0 aliphatic carbocycles. The Labute approximate surface area is 264 Å². The third kappa shape index (κ3) is 6.86. The summed E-state index contributed by atoms with van der Waals surface area (Å²) in [4.78, 5) is 36.4. The van der Waals surface area contributed by atoms with E-state index in [1.807, 2.05) is 24.8 Å². The Bertz CT molecular complexity index is 1740. The average Bonchev–Trinajstić information content (AvgIpc) is 3.63. The zero-order chi connectivity index (χ0) is 33.2. The number of hydrogen-bond donors (Lipinski definition) is 2. The van der Waals surface area contributed by atoms with Crippen LogP contribution in [0.4, 0.5) is 24.5 Å². The zero-order valence-corrected chi connectivity index (χ0v) is 25.9. The van der Waals surface area contributed by atoms with E-state index in [0.717, 1.165) is 77.5 Å². The first kappa shape index (κ1) is 32.6. The van der Waals surface area contributed by atoms with Crippen LogP contribution in [0, 0.1) is 0 Å². The highest BCUT2D eigenvalue weighted by Crippen LogP contribution is 2.44. The summed E-state index contributed by atoms with van der Waals surface area (Å²) in [5, 5.41) is 8.07. The predicted molar refractivity (Wildman–Crippen MR) is 172 cm³/mol. The van der Waals surface area contributed by atoms with E-state index in [4.69, 9.17) is 14.6 Å². The molecule has 1 fully saturated rings. The van der Waals surface area contributed by atoms with Crippen LogP contribution in [0.15, 0.2) is 67.4 Å². The van der Waals surface area contributed by atoms with Gasteiger partial charge in [-0.1, -0.05) is 30.8 Å². The second kappa shape index (κ2) is 13.3. The van der Waals surface area contributed by atoms with Gasteiger partial charge in [0.2, 0.25) is 5.91 Å². The zero-order valence-electron chi connectivity index (χ0n) is 25.9. The van der Waals surface area contributed by atoms with Gasteiger partial charge in [-0.2, -0.15) is 13.2 Å². The van der Waals surface area contributed by atoms with Gasteiger partial charge in [-0.15, -0.1) is 0 Å². The molecule has 2 aliphatic heterocycles. The van der Waals surface area contributed by atoms with Crippen LogP contribution in [-0.4, -0.2) is 83.9 Å². The molecule has 4 aromatic rings. The maximum Gasteiger partial charge on any atom is 0.490 e. The number of amides is 1. The minimum Gasteiger partial charge on any atom is -0.490 e. The molecule has 9 nitrogen and oxygen atoms in total. The molecule has 6 rings (SSSR count). The number of likely N-dealkylation sites (N-methyl/N-ethyl adjacent to an activating group) is 1. The molecule has 2 aromatic heterocycles. The number of carboxylic acids is 1. The molecular formula is C34H36F3N5O4. The Morgan fingerprint density at radius 1 is 1.02 bits per heavy atom. The number of halogens is 3. The molecule has 0 unspecified atom stereocenters. The topological polar surface area (TPSA) is 102 Å². The first-order chi connectivity index (χ1) is 21.9. The molecule has 0 atom stereocenters. The number of nitrogens with one attached hydrogen (secondary N) is 1. The van der Waals surface area contributed by atoms with Crippen molar-refractivity contribution in [2.24, 2.45) is 0 Å². The number of fused-ring (bicyclic) bond motifs is 2. The number of aliphatic carboxylic acids is 1. The molecule has 46 heavy (non-hydrogen) atoms. The van der Waals surface area contributed by atoms with Gasteiger partial charge in [0.05, 0.1) is 17.2 Å². The molecule has 2 aliphatic rings. The molecule has 0 spiro atoms. The first-order valence-corrected chi connectivity index (χ1v) is 15.0. The molecular weight excluding hydrogens is 599 g/mol. The molecule has 1 saturated heterocycles. The normalized spacial score (nSPS) is 15.0. The SMILES string of the molecule is C=CC(=O)N1CCc2ccc(-c3c(-c4ccc(N5CCN(C)CC5)cc4)[nH]c4nccc(OC(C)C)c34)cc21.O=C(O)C(F)(F)F. The number of ether oxygens (including phenoxy) is 1. The van der Waals surface area contributed by atoms with Crippen molar-refractivity contribution in [2.45, 2.75) is 32.5 Å². The molecule has 12 heteroatoms. The van der Waals surface area contributed by atoms with E-state index >= 15 is 0 Å². The molecule has 0 radical (unpaired) electrons. The molecule has 4 heterocycles. The van der Waals surface area contributed by atoms with Gasteiger partial charge >= 0.3 is 12.1 Å². The van der Waals surface area contributed by atoms with Crippen LogP contribution >= 0.6 is 0 Å². The molecule has 1 amide bonds. The lowest BCUT2D eigenvalue weighted by Crippen LogP contribution is -2.44. The first-order valence-electron chi connectivity index (χ1n) is 15.0. The van der Waals surface area contributed by atoms with Crippen molar-refractivity contribution in [1.82, 2.24) is 14.9 Å². The van der Waals surface area contributed by atoms with Crippen LogP contribution < -0.4 is 14.5 Å². The van der Waals surface area contributed by atoms with Gasteiger partial charge in [-0.3, -0.25) is 4.79 Å². The van der Waals surface area contributed by atoms with E-state index in [-0.39, 0.29) is 12.0 Å². The minimum absolute atomic E-state index is 0.0189. The van der Waals surface area contributed by atoms with Gasteiger partial charge < -0.3 is 29.5 Å². The smallest absolute Gasteiger partial charge is 0.490 e. The molecule has 0 bridgehead atoms. The highest BCUT2D eigenvalue weighted by Gasteiger charge is 2.38. The predicted octanol–water partition coefficient (Wildman–Crippen LogP) is 6.14. The lowest BCUT2D eigenvalue weighted by molar-refractivity contribution is -0.192. The maximum atomic E-state index is 12.6. The van der Waals surface area contributed by atoms with Crippen LogP contribution in [-0.2, 0) is 16.0 Å². The fourth-order valence-corrected chi connectivity index (χ4v) is 5.72. The summed E-state index contributed by atoms with van der Waals surface area (Å²) >= 11 is 0. The summed E-state index contributed by atoms with van der Waals surface area (Å²) in [6.45, 7) is 12.6. The quantitative estimate of drug-likeness (QED) is 0.245. The van der Waals surface area contributed by atoms with Crippen LogP contribution in [0.1, 0.15) is 19.4 Å². The Morgan fingerprint density at radius 3 is 2.28 bits per heavy atom. The van der Waals surface area contributed by atoms with Gasteiger partial charge in [0.25, 0.3) is 0 Å². The number of aromatic amines is 1. The van der Waals surface area contributed by atoms with Crippen LogP contribution in [0.25, 0.3) is 33.4 Å². The molecule has 2 N–H and O–H groups in total. The van der Waals surface area contributed by atoms with Crippen molar-refractivity contribution < 1.29 is 32.6 Å². The summed E-state index contributed by atoms with van der Waals surface area (Å²) in [6.07, 6.45) is -1.05. The highest BCUT2D eigenvalue weighted by molar-refractivity contribution is 6.07. The Balaban J connectivity index is 0.000000537. The Hall–Kier alpha value is -4.84. The van der Waals surface area contributed by atoms with E-state index in [0.29, 0.717) is 6.54 Å². The van der Waals surface area contributed by atoms with Crippen molar-refractivity contribution in [1.29, 1.82) is 0 Å². The number of piperazine rings is 1. The van der Waals surface area contributed by atoms with Crippen LogP contribution in [0.5, 0.6) is 5.75 Å². The standard InChI is InChI=1S/C32H35N5O2.C2HF3O2/c1-5-28(38)37-15-13-22-6-7-24(20-26(22)37)29-30-27(39-21(2)3)12-14-33-32(30)34-31(29)23-8-10-25(11-9-23)36-18-16-35(4)17-19-36;3-2(4,5)1(6)7/h5-12,14,20-21H,1,13,15-19H2,2-4H3,(H,33,34);(H,6,7). The van der Waals surface area contributed by atoms with Crippen molar-refractivity contribution in [3.8, 4) is 28.1 Å². The van der Waals surface area contributed by atoms with E-state index in [1.54, 1.807) is 6.20 Å². The maximum absolute atomic E-state index is 12.6. The monoisotopic (exact) mass is 635 g/mol. The summed E-state index contributed by atoms with van der Waals surface area (Å²) in [5.74, 6) is -2.04. The van der Waals surface area contributed by atoms with Crippen LogP contribution in [0.3, 0.4) is 0 Å². The number of hydrogen-bond acceptors (Lipinski definition) is 6. The minimum atomic E-state index is -5.08. The number of alkyl halides is 3. The number of H-pyrrole nitrogens is 1. The lowest BCUT2D eigenvalue weighted by Gasteiger charge is -2.34. The van der Waals surface area contributed by atoms with Crippen molar-refractivity contribution in [2.75, 3.05) is 49.6 Å². The van der Waals surface area contributed by atoms with Crippen molar-refractivity contribution in [3.63, 3.8) is 0 Å². The number of carbonyl (C=O) groups excluding carboxylic acids is 1. The second-order valence-electron chi connectivity index (χ2n) is 11.5. The molecule has 0 saturated carbocycles. The number of pyridine rings is 1. The summed E-state index contributed by atoms with van der Waals surface area (Å²) in [6, 6.07) is 17.1. The van der Waals surface area contributed by atoms with Gasteiger partial charge in [0.1, 0.15) is 11.4 Å². The van der Waals surface area contributed by atoms with Gasteiger partial charge in [-0.05, 0) is 74.3 Å². The largest absolute Gasteiger partial charge is 0.490 e. The Kier molecular flexibility index (Phi) is 9.38. The van der Waals surface area contributed by atoms with Gasteiger partial charge in [-0.25, -0.2) is 9.78 Å². The third-order valence-corrected chi connectivity index (χ3v) is 8.00. The number of rotatable bonds is 6. The number of aromatic nitrogens is 2. The fraction of sp³-hybridized carbons (Fsp3) is 0.324. The highest BCUT2D eigenvalue weighted by atomic mass is 19.4. The van der Waals surface area contributed by atoms with E-state index in [9.17, 15) is 18.0 Å². The second-order valence-corrected chi connectivity index (χ2v) is 11.5. The number of carbonyl (C=O) groups is 2. The summed E-state index contributed by atoms with van der Waals surface area (Å²) in [5.41, 5.74) is 8.24. The third-order valence-electron chi connectivity index (χ3n) is 8.00. The van der Waals surface area contributed by atoms with Crippen LogP contribution in [0.2, 0.25) is 0 Å².